The summed E-state index contributed by atoms with van der Waals surface area (Å²) in [4.78, 5) is 12.9. The van der Waals surface area contributed by atoms with Gasteiger partial charge in [0.05, 0.1) is 4.92 Å². The number of pyridine rings is 1. The third kappa shape index (κ3) is 3.05. The SMILES string of the molecule is O=[N+]([O-])c1ccc(Br)nc1OC(F)C(F)F. The smallest absolute Gasteiger partial charge is 0.331 e. The molecule has 1 rings (SSSR count). The van der Waals surface area contributed by atoms with Gasteiger partial charge in [-0.25, -0.2) is 13.8 Å². The van der Waals surface area contributed by atoms with E-state index in [4.69, 9.17) is 0 Å². The number of nitrogens with zero attached hydrogens (tertiary/aromatic N) is 2. The first-order valence-electron chi connectivity index (χ1n) is 3.81. The summed E-state index contributed by atoms with van der Waals surface area (Å²) in [5, 5.41) is 10.4. The Morgan fingerprint density at radius 3 is 2.56 bits per heavy atom. The van der Waals surface area contributed by atoms with E-state index >= 15 is 0 Å². The molecule has 1 unspecified atom stereocenters. The predicted octanol–water partition coefficient (Wildman–Crippen LogP) is 2.69. The molecule has 0 aliphatic heterocycles. The summed E-state index contributed by atoms with van der Waals surface area (Å²) >= 11 is 2.85. The van der Waals surface area contributed by atoms with Gasteiger partial charge in [-0.05, 0) is 22.0 Å². The van der Waals surface area contributed by atoms with Gasteiger partial charge in [-0.15, -0.1) is 0 Å². The number of halogens is 4. The maximum Gasteiger partial charge on any atom is 0.331 e. The summed E-state index contributed by atoms with van der Waals surface area (Å²) in [7, 11) is 0. The quantitative estimate of drug-likeness (QED) is 0.487. The summed E-state index contributed by atoms with van der Waals surface area (Å²) in [6.45, 7) is 0. The zero-order valence-electron chi connectivity index (χ0n) is 7.44. The third-order valence-electron chi connectivity index (χ3n) is 1.43. The molecule has 1 aromatic heterocycles. The Kier molecular flexibility index (Phi) is 4.05. The molecular formula is C7H4BrF3N2O3. The molecule has 1 aromatic rings. The van der Waals surface area contributed by atoms with Gasteiger partial charge in [0.15, 0.2) is 0 Å². The molecule has 0 bridgehead atoms. The molecule has 0 fully saturated rings. The highest BCUT2D eigenvalue weighted by molar-refractivity contribution is 9.10. The van der Waals surface area contributed by atoms with Gasteiger partial charge >= 0.3 is 12.1 Å². The fraction of sp³-hybridized carbons (Fsp3) is 0.286. The number of ether oxygens (including phenoxy) is 1. The van der Waals surface area contributed by atoms with Gasteiger partial charge in [0, 0.05) is 6.07 Å². The average molecular weight is 301 g/mol. The van der Waals surface area contributed by atoms with E-state index in [0.717, 1.165) is 6.07 Å². The molecule has 0 N–H and O–H groups in total. The Morgan fingerprint density at radius 2 is 2.06 bits per heavy atom. The van der Waals surface area contributed by atoms with Crippen molar-refractivity contribution in [1.82, 2.24) is 4.98 Å². The van der Waals surface area contributed by atoms with Crippen molar-refractivity contribution < 1.29 is 22.8 Å². The second kappa shape index (κ2) is 5.10. The lowest BCUT2D eigenvalue weighted by Crippen LogP contribution is -2.20. The van der Waals surface area contributed by atoms with E-state index < -0.39 is 29.3 Å². The first kappa shape index (κ1) is 12.7. The number of hydrogen-bond acceptors (Lipinski definition) is 4. The molecule has 16 heavy (non-hydrogen) atoms. The summed E-state index contributed by atoms with van der Waals surface area (Å²) in [6.07, 6.45) is -6.36. The lowest BCUT2D eigenvalue weighted by molar-refractivity contribution is -0.386. The first-order valence-corrected chi connectivity index (χ1v) is 4.61. The Labute approximate surface area is 95.5 Å². The molecule has 0 radical (unpaired) electrons. The van der Waals surface area contributed by atoms with Crippen LogP contribution < -0.4 is 4.74 Å². The van der Waals surface area contributed by atoms with Crippen molar-refractivity contribution in [1.29, 1.82) is 0 Å². The molecule has 0 aromatic carbocycles. The van der Waals surface area contributed by atoms with Gasteiger partial charge in [0.2, 0.25) is 0 Å². The van der Waals surface area contributed by atoms with Crippen molar-refractivity contribution >= 4 is 21.6 Å². The van der Waals surface area contributed by atoms with Gasteiger partial charge < -0.3 is 4.74 Å². The van der Waals surface area contributed by atoms with Gasteiger partial charge in [-0.1, -0.05) is 0 Å². The Hall–Kier alpha value is -1.38. The molecule has 0 aliphatic rings. The number of nitro groups is 1. The van der Waals surface area contributed by atoms with Crippen LogP contribution in [0.3, 0.4) is 0 Å². The standard InChI is InChI=1S/C7H4BrF3N2O3/c8-4-2-1-3(13(14)15)7(12-4)16-6(11)5(9)10/h1-2,5-6H. The number of aromatic nitrogens is 1. The molecule has 0 aliphatic carbocycles. The third-order valence-corrected chi connectivity index (χ3v) is 1.87. The zero-order chi connectivity index (χ0) is 12.3. The van der Waals surface area contributed by atoms with Gasteiger partial charge in [0.1, 0.15) is 4.60 Å². The van der Waals surface area contributed by atoms with Gasteiger partial charge in [-0.2, -0.15) is 4.39 Å². The first-order chi connectivity index (χ1) is 7.41. The van der Waals surface area contributed by atoms with Crippen LogP contribution in [0.1, 0.15) is 0 Å². The zero-order valence-corrected chi connectivity index (χ0v) is 9.03. The molecule has 1 heterocycles. The minimum Gasteiger partial charge on any atom is -0.432 e. The van der Waals surface area contributed by atoms with Gasteiger partial charge in [-0.3, -0.25) is 10.1 Å². The average Bonchev–Trinajstić information content (AvgIpc) is 2.16. The van der Waals surface area contributed by atoms with Crippen molar-refractivity contribution in [2.24, 2.45) is 0 Å². The molecule has 0 amide bonds. The molecule has 0 saturated heterocycles. The van der Waals surface area contributed by atoms with E-state index in [1.54, 1.807) is 0 Å². The van der Waals surface area contributed by atoms with Crippen LogP contribution in [0.4, 0.5) is 18.9 Å². The molecule has 5 nitrogen and oxygen atoms in total. The number of rotatable bonds is 4. The van der Waals surface area contributed by atoms with E-state index in [2.05, 4.69) is 25.7 Å². The summed E-state index contributed by atoms with van der Waals surface area (Å²) in [5.74, 6) is -0.799. The molecular weight excluding hydrogens is 297 g/mol. The van der Waals surface area contributed by atoms with Crippen LogP contribution in [0.2, 0.25) is 0 Å². The second-order valence-corrected chi connectivity index (χ2v) is 3.33. The molecule has 88 valence electrons. The van der Waals surface area contributed by atoms with Gasteiger partial charge in [0.25, 0.3) is 12.2 Å². The monoisotopic (exact) mass is 300 g/mol. The van der Waals surface area contributed by atoms with E-state index in [0.29, 0.717) is 0 Å². The van der Waals surface area contributed by atoms with Crippen LogP contribution in [-0.4, -0.2) is 22.7 Å². The minimum atomic E-state index is -3.40. The van der Waals surface area contributed by atoms with E-state index in [1.807, 2.05) is 0 Å². The highest BCUT2D eigenvalue weighted by atomic mass is 79.9. The largest absolute Gasteiger partial charge is 0.432 e. The van der Waals surface area contributed by atoms with E-state index in [-0.39, 0.29) is 4.60 Å². The van der Waals surface area contributed by atoms with Crippen LogP contribution in [0.5, 0.6) is 5.88 Å². The van der Waals surface area contributed by atoms with Crippen molar-refractivity contribution in [2.75, 3.05) is 0 Å². The van der Waals surface area contributed by atoms with Crippen LogP contribution in [0, 0.1) is 10.1 Å². The fourth-order valence-corrected chi connectivity index (χ4v) is 1.09. The van der Waals surface area contributed by atoms with E-state index in [1.165, 1.54) is 6.07 Å². The van der Waals surface area contributed by atoms with Crippen LogP contribution in [0.15, 0.2) is 16.7 Å². The highest BCUT2D eigenvalue weighted by Crippen LogP contribution is 2.28. The molecule has 0 saturated carbocycles. The summed E-state index contributed by atoms with van der Waals surface area (Å²) in [5.41, 5.74) is -0.688. The normalized spacial score (nSPS) is 12.6. The second-order valence-electron chi connectivity index (χ2n) is 2.52. The van der Waals surface area contributed by atoms with E-state index in [9.17, 15) is 23.3 Å². The van der Waals surface area contributed by atoms with Crippen molar-refractivity contribution in [3.8, 4) is 5.88 Å². The molecule has 1 atom stereocenters. The van der Waals surface area contributed by atoms with Crippen LogP contribution >= 0.6 is 15.9 Å². The maximum absolute atomic E-state index is 12.5. The fourth-order valence-electron chi connectivity index (χ4n) is 0.794. The lowest BCUT2D eigenvalue weighted by atomic mass is 10.4. The molecule has 0 spiro atoms. The van der Waals surface area contributed by atoms with Crippen LogP contribution in [-0.2, 0) is 0 Å². The Morgan fingerprint density at radius 1 is 1.44 bits per heavy atom. The molecule has 9 heteroatoms. The number of alkyl halides is 3. The van der Waals surface area contributed by atoms with Crippen molar-refractivity contribution in [3.63, 3.8) is 0 Å². The van der Waals surface area contributed by atoms with Crippen molar-refractivity contribution in [3.05, 3.63) is 26.9 Å². The Balaban J connectivity index is 3.01. The topological polar surface area (TPSA) is 65.3 Å². The lowest BCUT2D eigenvalue weighted by Gasteiger charge is -2.09. The minimum absolute atomic E-state index is 0.106. The predicted molar refractivity (Wildman–Crippen MR) is 50.1 cm³/mol. The summed E-state index contributed by atoms with van der Waals surface area (Å²) < 4.78 is 40.4. The summed E-state index contributed by atoms with van der Waals surface area (Å²) in [6, 6.07) is 2.17. The highest BCUT2D eigenvalue weighted by Gasteiger charge is 2.26. The van der Waals surface area contributed by atoms with Crippen LogP contribution in [0.25, 0.3) is 0 Å². The maximum atomic E-state index is 12.5. The Bertz CT molecular complexity index is 404. The van der Waals surface area contributed by atoms with Crippen molar-refractivity contribution in [2.45, 2.75) is 12.8 Å². The number of hydrogen-bond donors (Lipinski definition) is 0.